The third-order valence-corrected chi connectivity index (χ3v) is 3.13. The first-order chi connectivity index (χ1) is 9.66. The predicted molar refractivity (Wildman–Crippen MR) is 78.9 cm³/mol. The zero-order chi connectivity index (χ0) is 14.4. The lowest BCUT2D eigenvalue weighted by Crippen LogP contribution is -2.43. The van der Waals surface area contributed by atoms with Gasteiger partial charge >= 0.3 is 0 Å². The molecule has 1 aromatic carbocycles. The van der Waals surface area contributed by atoms with Crippen LogP contribution in [-0.2, 0) is 11.2 Å². The Labute approximate surface area is 119 Å². The predicted octanol–water partition coefficient (Wildman–Crippen LogP) is 1.83. The maximum Gasteiger partial charge on any atom is 0.237 e. The number of nitrogens with two attached hydrogens (primary N) is 1. The molecule has 4 heteroatoms. The number of amides is 1. The molecule has 20 heavy (non-hydrogen) atoms. The highest BCUT2D eigenvalue weighted by Crippen LogP contribution is 2.09. The Morgan fingerprint density at radius 2 is 1.90 bits per heavy atom. The summed E-state index contributed by atoms with van der Waals surface area (Å²) in [6.45, 7) is 1.90. The number of benzene rings is 1. The lowest BCUT2D eigenvalue weighted by Gasteiger charge is -2.17. The molecule has 3 N–H and O–H groups in total. The molecule has 0 aliphatic rings. The summed E-state index contributed by atoms with van der Waals surface area (Å²) in [7, 11) is 0. The molecule has 0 aliphatic heterocycles. The van der Waals surface area contributed by atoms with Crippen LogP contribution in [0.3, 0.4) is 0 Å². The first-order valence-corrected chi connectivity index (χ1v) is 6.67. The second kappa shape index (κ2) is 6.82. The zero-order valence-electron chi connectivity index (χ0n) is 11.5. The highest BCUT2D eigenvalue weighted by atomic mass is 16.2. The van der Waals surface area contributed by atoms with E-state index in [1.54, 1.807) is 6.20 Å². The monoisotopic (exact) mass is 269 g/mol. The molecule has 1 aromatic heterocycles. The Morgan fingerprint density at radius 3 is 2.55 bits per heavy atom. The SMILES string of the molecule is C[C@@H](NC(=O)C(N)Cc1ccccc1)c1ccccn1. The molecule has 0 fully saturated rings. The summed E-state index contributed by atoms with van der Waals surface area (Å²) >= 11 is 0. The third kappa shape index (κ3) is 3.90. The molecule has 0 radical (unpaired) electrons. The Kier molecular flexibility index (Phi) is 4.85. The highest BCUT2D eigenvalue weighted by Gasteiger charge is 2.17. The Bertz CT molecular complexity index is 542. The summed E-state index contributed by atoms with van der Waals surface area (Å²) in [5, 5.41) is 2.89. The number of pyridine rings is 1. The number of carbonyl (C=O) groups excluding carboxylic acids is 1. The number of hydrogen-bond donors (Lipinski definition) is 2. The number of rotatable bonds is 5. The van der Waals surface area contributed by atoms with Crippen LogP contribution in [0.4, 0.5) is 0 Å². The summed E-state index contributed by atoms with van der Waals surface area (Å²) < 4.78 is 0. The van der Waals surface area contributed by atoms with Crippen LogP contribution in [0, 0.1) is 0 Å². The van der Waals surface area contributed by atoms with E-state index in [-0.39, 0.29) is 11.9 Å². The minimum absolute atomic E-state index is 0.148. The van der Waals surface area contributed by atoms with Gasteiger partial charge in [-0.25, -0.2) is 0 Å². The maximum atomic E-state index is 12.1. The van der Waals surface area contributed by atoms with Crippen LogP contribution in [0.15, 0.2) is 54.7 Å². The van der Waals surface area contributed by atoms with Gasteiger partial charge in [0.25, 0.3) is 0 Å². The largest absolute Gasteiger partial charge is 0.347 e. The van der Waals surface area contributed by atoms with Crippen LogP contribution in [-0.4, -0.2) is 16.9 Å². The zero-order valence-corrected chi connectivity index (χ0v) is 11.5. The summed E-state index contributed by atoms with van der Waals surface area (Å²) in [5.41, 5.74) is 7.83. The lowest BCUT2D eigenvalue weighted by molar-refractivity contribution is -0.123. The van der Waals surface area contributed by atoms with Crippen LogP contribution < -0.4 is 11.1 Å². The summed E-state index contributed by atoms with van der Waals surface area (Å²) in [6, 6.07) is 14.7. The molecule has 2 rings (SSSR count). The molecule has 2 atom stereocenters. The van der Waals surface area contributed by atoms with E-state index >= 15 is 0 Å². The van der Waals surface area contributed by atoms with E-state index in [1.807, 2.05) is 55.5 Å². The van der Waals surface area contributed by atoms with Crippen molar-refractivity contribution in [3.05, 3.63) is 66.0 Å². The van der Waals surface area contributed by atoms with Crippen LogP contribution in [0.2, 0.25) is 0 Å². The summed E-state index contributed by atoms with van der Waals surface area (Å²) in [5.74, 6) is -0.160. The van der Waals surface area contributed by atoms with Crippen LogP contribution in [0.25, 0.3) is 0 Å². The number of hydrogen-bond acceptors (Lipinski definition) is 3. The van der Waals surface area contributed by atoms with Gasteiger partial charge in [0.05, 0.1) is 17.8 Å². The molecule has 0 saturated carbocycles. The van der Waals surface area contributed by atoms with Gasteiger partial charge in [-0.2, -0.15) is 0 Å². The van der Waals surface area contributed by atoms with Gasteiger partial charge in [0.2, 0.25) is 5.91 Å². The maximum absolute atomic E-state index is 12.1. The minimum atomic E-state index is -0.552. The van der Waals surface area contributed by atoms with Crippen molar-refractivity contribution in [1.29, 1.82) is 0 Å². The van der Waals surface area contributed by atoms with Gasteiger partial charge < -0.3 is 11.1 Å². The van der Waals surface area contributed by atoms with E-state index < -0.39 is 6.04 Å². The molecule has 104 valence electrons. The van der Waals surface area contributed by atoms with E-state index in [4.69, 9.17) is 5.73 Å². The van der Waals surface area contributed by atoms with Gasteiger partial charge in [-0.3, -0.25) is 9.78 Å². The minimum Gasteiger partial charge on any atom is -0.347 e. The fourth-order valence-corrected chi connectivity index (χ4v) is 1.99. The van der Waals surface area contributed by atoms with Crippen molar-refractivity contribution in [2.24, 2.45) is 5.73 Å². The summed E-state index contributed by atoms with van der Waals surface area (Å²) in [4.78, 5) is 16.3. The van der Waals surface area contributed by atoms with Crippen molar-refractivity contribution < 1.29 is 4.79 Å². The number of nitrogens with zero attached hydrogens (tertiary/aromatic N) is 1. The van der Waals surface area contributed by atoms with Crippen molar-refractivity contribution in [2.45, 2.75) is 25.4 Å². The fourth-order valence-electron chi connectivity index (χ4n) is 1.99. The molecule has 1 heterocycles. The van der Waals surface area contributed by atoms with Gasteiger partial charge in [0.1, 0.15) is 0 Å². The molecule has 4 nitrogen and oxygen atoms in total. The number of aromatic nitrogens is 1. The Morgan fingerprint density at radius 1 is 1.20 bits per heavy atom. The normalized spacial score (nSPS) is 13.5. The van der Waals surface area contributed by atoms with E-state index in [1.165, 1.54) is 0 Å². The molecule has 0 saturated heterocycles. The van der Waals surface area contributed by atoms with E-state index in [0.717, 1.165) is 11.3 Å². The van der Waals surface area contributed by atoms with E-state index in [9.17, 15) is 4.79 Å². The molecule has 0 bridgehead atoms. The van der Waals surface area contributed by atoms with Gasteiger partial charge in [0.15, 0.2) is 0 Å². The molecular weight excluding hydrogens is 250 g/mol. The van der Waals surface area contributed by atoms with Gasteiger partial charge in [-0.1, -0.05) is 36.4 Å². The third-order valence-electron chi connectivity index (χ3n) is 3.13. The van der Waals surface area contributed by atoms with Gasteiger partial charge in [-0.15, -0.1) is 0 Å². The van der Waals surface area contributed by atoms with Crippen molar-refractivity contribution >= 4 is 5.91 Å². The van der Waals surface area contributed by atoms with Crippen LogP contribution >= 0.6 is 0 Å². The second-order valence-electron chi connectivity index (χ2n) is 4.78. The van der Waals surface area contributed by atoms with Gasteiger partial charge in [0, 0.05) is 6.20 Å². The standard InChI is InChI=1S/C16H19N3O/c1-12(15-9-5-6-10-18-15)19-16(20)14(17)11-13-7-3-2-4-8-13/h2-10,12,14H,11,17H2,1H3,(H,19,20)/t12-,14?/m1/s1. The van der Waals surface area contributed by atoms with E-state index in [0.29, 0.717) is 6.42 Å². The smallest absolute Gasteiger partial charge is 0.237 e. The van der Waals surface area contributed by atoms with Gasteiger partial charge in [-0.05, 0) is 31.0 Å². The van der Waals surface area contributed by atoms with Crippen molar-refractivity contribution in [1.82, 2.24) is 10.3 Å². The van der Waals surface area contributed by atoms with Crippen molar-refractivity contribution in [3.8, 4) is 0 Å². The average Bonchev–Trinajstić information content (AvgIpc) is 2.49. The van der Waals surface area contributed by atoms with Crippen molar-refractivity contribution in [3.63, 3.8) is 0 Å². The van der Waals surface area contributed by atoms with Crippen LogP contribution in [0.1, 0.15) is 24.2 Å². The molecule has 2 aromatic rings. The number of carbonyl (C=O) groups is 1. The van der Waals surface area contributed by atoms with Crippen LogP contribution in [0.5, 0.6) is 0 Å². The summed E-state index contributed by atoms with van der Waals surface area (Å²) in [6.07, 6.45) is 2.24. The molecule has 0 spiro atoms. The molecule has 0 aliphatic carbocycles. The van der Waals surface area contributed by atoms with Crippen molar-refractivity contribution in [2.75, 3.05) is 0 Å². The highest BCUT2D eigenvalue weighted by molar-refractivity contribution is 5.82. The second-order valence-corrected chi connectivity index (χ2v) is 4.78. The first-order valence-electron chi connectivity index (χ1n) is 6.67. The lowest BCUT2D eigenvalue weighted by atomic mass is 10.1. The Hall–Kier alpha value is -2.20. The topological polar surface area (TPSA) is 68.0 Å². The average molecular weight is 269 g/mol. The quantitative estimate of drug-likeness (QED) is 0.870. The van der Waals surface area contributed by atoms with E-state index in [2.05, 4.69) is 10.3 Å². The number of nitrogens with one attached hydrogen (secondary N) is 1. The molecular formula is C16H19N3O. The first kappa shape index (κ1) is 14.2. The fraction of sp³-hybridized carbons (Fsp3) is 0.250. The molecule has 1 unspecified atom stereocenters. The molecule has 1 amide bonds. The Balaban J connectivity index is 1.91.